The van der Waals surface area contributed by atoms with E-state index in [4.69, 9.17) is 20.9 Å². The highest BCUT2D eigenvalue weighted by molar-refractivity contribution is 6.30. The van der Waals surface area contributed by atoms with E-state index in [1.54, 1.807) is 7.11 Å². The normalized spacial score (nSPS) is 11.0. The first kappa shape index (κ1) is 13.8. The number of methoxy groups -OCH3 is 1. The van der Waals surface area contributed by atoms with Gasteiger partial charge in [0.05, 0.1) is 6.61 Å². The molecule has 7 heteroatoms. The van der Waals surface area contributed by atoms with Crippen molar-refractivity contribution < 1.29 is 9.26 Å². The van der Waals surface area contributed by atoms with Gasteiger partial charge in [-0.15, -0.1) is 0 Å². The summed E-state index contributed by atoms with van der Waals surface area (Å²) in [6.07, 6.45) is 1.43. The van der Waals surface area contributed by atoms with Crippen molar-refractivity contribution >= 4 is 28.5 Å². The largest absolute Gasteiger partial charge is 0.383 e. The summed E-state index contributed by atoms with van der Waals surface area (Å²) in [6, 6.07) is 7.40. The molecule has 0 atom stereocenters. The highest BCUT2D eigenvalue weighted by Crippen LogP contribution is 2.32. The first-order valence-corrected chi connectivity index (χ1v) is 6.76. The fourth-order valence-corrected chi connectivity index (χ4v) is 2.22. The topological polar surface area (TPSA) is 73.1 Å². The van der Waals surface area contributed by atoms with Crippen molar-refractivity contribution in [1.29, 1.82) is 0 Å². The monoisotopic (exact) mass is 304 g/mol. The smallest absolute Gasteiger partial charge is 0.263 e. The number of anilines is 1. The van der Waals surface area contributed by atoms with Gasteiger partial charge in [0.25, 0.3) is 5.71 Å². The standard InChI is InChI=1S/C14H13ClN4O2/c1-20-6-5-16-13-11-12(9-3-2-4-10(15)7-9)19-21-14(11)18-8-17-13/h2-4,7-8H,5-6H2,1H3,(H,16,17,18). The van der Waals surface area contributed by atoms with Crippen LogP contribution in [0.3, 0.4) is 0 Å². The van der Waals surface area contributed by atoms with Crippen molar-refractivity contribution in [1.82, 2.24) is 15.1 Å². The van der Waals surface area contributed by atoms with E-state index in [9.17, 15) is 0 Å². The quantitative estimate of drug-likeness (QED) is 0.731. The third kappa shape index (κ3) is 2.81. The predicted molar refractivity (Wildman–Crippen MR) is 80.4 cm³/mol. The van der Waals surface area contributed by atoms with Crippen molar-refractivity contribution in [2.45, 2.75) is 0 Å². The molecule has 3 aromatic rings. The molecule has 0 aliphatic carbocycles. The molecular formula is C14H13ClN4O2. The molecule has 21 heavy (non-hydrogen) atoms. The van der Waals surface area contributed by atoms with Gasteiger partial charge in [0, 0.05) is 24.2 Å². The average molecular weight is 305 g/mol. The zero-order chi connectivity index (χ0) is 14.7. The summed E-state index contributed by atoms with van der Waals surface area (Å²) in [4.78, 5) is 8.34. The number of nitrogens with one attached hydrogen (secondary N) is 1. The second-order valence-electron chi connectivity index (χ2n) is 4.36. The van der Waals surface area contributed by atoms with Crippen molar-refractivity contribution in [2.24, 2.45) is 0 Å². The van der Waals surface area contributed by atoms with Crippen molar-refractivity contribution in [3.63, 3.8) is 0 Å². The minimum atomic E-state index is 0.430. The Morgan fingerprint density at radius 1 is 1.33 bits per heavy atom. The molecular weight excluding hydrogens is 292 g/mol. The van der Waals surface area contributed by atoms with Gasteiger partial charge in [0.1, 0.15) is 23.2 Å². The molecule has 2 aromatic heterocycles. The third-order valence-electron chi connectivity index (χ3n) is 2.97. The number of fused-ring (bicyclic) bond motifs is 1. The van der Waals surface area contributed by atoms with Gasteiger partial charge in [-0.1, -0.05) is 28.9 Å². The summed E-state index contributed by atoms with van der Waals surface area (Å²) in [5.74, 6) is 0.660. The number of aromatic nitrogens is 3. The Morgan fingerprint density at radius 3 is 3.05 bits per heavy atom. The number of hydrogen-bond donors (Lipinski definition) is 1. The number of benzene rings is 1. The van der Waals surface area contributed by atoms with Crippen LogP contribution in [0.5, 0.6) is 0 Å². The fraction of sp³-hybridized carbons (Fsp3) is 0.214. The summed E-state index contributed by atoms with van der Waals surface area (Å²) in [6.45, 7) is 1.20. The lowest BCUT2D eigenvalue weighted by Crippen LogP contribution is -2.09. The average Bonchev–Trinajstić information content (AvgIpc) is 2.92. The lowest BCUT2D eigenvalue weighted by atomic mass is 10.1. The molecule has 0 saturated heterocycles. The molecule has 0 aliphatic rings. The Balaban J connectivity index is 2.07. The molecule has 0 fully saturated rings. The minimum Gasteiger partial charge on any atom is -0.383 e. The summed E-state index contributed by atoms with van der Waals surface area (Å²) in [5.41, 5.74) is 1.94. The molecule has 0 unspecified atom stereocenters. The summed E-state index contributed by atoms with van der Waals surface area (Å²) in [7, 11) is 1.65. The molecule has 0 amide bonds. The zero-order valence-electron chi connectivity index (χ0n) is 11.3. The second kappa shape index (κ2) is 6.07. The van der Waals surface area contributed by atoms with Crippen LogP contribution in [0.4, 0.5) is 5.82 Å². The molecule has 0 aliphatic heterocycles. The van der Waals surface area contributed by atoms with Crippen molar-refractivity contribution in [3.05, 3.63) is 35.6 Å². The first-order chi connectivity index (χ1) is 10.3. The second-order valence-corrected chi connectivity index (χ2v) is 4.80. The molecule has 0 spiro atoms. The number of rotatable bonds is 5. The highest BCUT2D eigenvalue weighted by Gasteiger charge is 2.16. The van der Waals surface area contributed by atoms with Crippen LogP contribution in [-0.2, 0) is 4.74 Å². The minimum absolute atomic E-state index is 0.430. The molecule has 1 aromatic carbocycles. The van der Waals surface area contributed by atoms with Crippen molar-refractivity contribution in [2.75, 3.05) is 25.6 Å². The molecule has 3 rings (SSSR count). The van der Waals surface area contributed by atoms with E-state index in [-0.39, 0.29) is 0 Å². The number of halogens is 1. The summed E-state index contributed by atoms with van der Waals surface area (Å²) < 4.78 is 10.3. The lowest BCUT2D eigenvalue weighted by Gasteiger charge is -2.06. The molecule has 2 heterocycles. The van der Waals surface area contributed by atoms with Crippen LogP contribution in [0.1, 0.15) is 0 Å². The molecule has 0 saturated carbocycles. The predicted octanol–water partition coefficient (Wildman–Crippen LogP) is 3.00. The third-order valence-corrected chi connectivity index (χ3v) is 3.20. The highest BCUT2D eigenvalue weighted by atomic mass is 35.5. The maximum Gasteiger partial charge on any atom is 0.263 e. The van der Waals surface area contributed by atoms with E-state index in [1.165, 1.54) is 6.33 Å². The first-order valence-electron chi connectivity index (χ1n) is 6.38. The molecule has 0 radical (unpaired) electrons. The molecule has 1 N–H and O–H groups in total. The maximum atomic E-state index is 6.03. The van der Waals surface area contributed by atoms with Crippen LogP contribution in [-0.4, -0.2) is 35.4 Å². The Labute approximate surface area is 126 Å². The van der Waals surface area contributed by atoms with E-state index < -0.39 is 0 Å². The van der Waals surface area contributed by atoms with E-state index >= 15 is 0 Å². The Kier molecular flexibility index (Phi) is 3.98. The van der Waals surface area contributed by atoms with Gasteiger partial charge in [0.2, 0.25) is 0 Å². The number of hydrogen-bond acceptors (Lipinski definition) is 6. The van der Waals surface area contributed by atoms with E-state index in [0.29, 0.717) is 35.4 Å². The lowest BCUT2D eigenvalue weighted by molar-refractivity contribution is 0.210. The summed E-state index contributed by atoms with van der Waals surface area (Å²) in [5, 5.41) is 8.64. The molecule has 108 valence electrons. The van der Waals surface area contributed by atoms with Gasteiger partial charge in [0.15, 0.2) is 0 Å². The van der Waals surface area contributed by atoms with E-state index in [1.807, 2.05) is 24.3 Å². The van der Waals surface area contributed by atoms with Crippen LogP contribution in [0.2, 0.25) is 5.02 Å². The zero-order valence-corrected chi connectivity index (χ0v) is 12.1. The number of nitrogens with zero attached hydrogens (tertiary/aromatic N) is 3. The number of ether oxygens (including phenoxy) is 1. The maximum absolute atomic E-state index is 6.03. The van der Waals surface area contributed by atoms with Gasteiger partial charge in [-0.3, -0.25) is 0 Å². The van der Waals surface area contributed by atoms with Crippen LogP contribution in [0.25, 0.3) is 22.4 Å². The van der Waals surface area contributed by atoms with Crippen LogP contribution < -0.4 is 5.32 Å². The van der Waals surface area contributed by atoms with Crippen LogP contribution in [0, 0.1) is 0 Å². The van der Waals surface area contributed by atoms with Gasteiger partial charge < -0.3 is 14.6 Å². The Bertz CT molecular complexity index is 760. The van der Waals surface area contributed by atoms with Crippen molar-refractivity contribution in [3.8, 4) is 11.3 Å². The Morgan fingerprint density at radius 2 is 2.24 bits per heavy atom. The van der Waals surface area contributed by atoms with Gasteiger partial charge in [-0.2, -0.15) is 4.98 Å². The fourth-order valence-electron chi connectivity index (χ4n) is 2.02. The SMILES string of the molecule is COCCNc1ncnc2onc(-c3cccc(Cl)c3)c12. The summed E-state index contributed by atoms with van der Waals surface area (Å²) >= 11 is 6.03. The Hall–Kier alpha value is -2.18. The molecule has 6 nitrogen and oxygen atoms in total. The van der Waals surface area contributed by atoms with E-state index in [0.717, 1.165) is 10.9 Å². The van der Waals surface area contributed by atoms with Gasteiger partial charge in [-0.05, 0) is 12.1 Å². The van der Waals surface area contributed by atoms with Crippen LogP contribution in [0.15, 0.2) is 35.1 Å². The van der Waals surface area contributed by atoms with Gasteiger partial charge in [-0.25, -0.2) is 4.98 Å². The van der Waals surface area contributed by atoms with Crippen LogP contribution >= 0.6 is 11.6 Å². The van der Waals surface area contributed by atoms with Gasteiger partial charge >= 0.3 is 0 Å². The molecule has 0 bridgehead atoms. The van der Waals surface area contributed by atoms with E-state index in [2.05, 4.69) is 20.4 Å².